The van der Waals surface area contributed by atoms with Crippen LogP contribution >= 0.6 is 24.8 Å². The van der Waals surface area contributed by atoms with Crippen molar-refractivity contribution < 1.29 is 14.3 Å². The van der Waals surface area contributed by atoms with E-state index in [1.54, 1.807) is 0 Å². The van der Waals surface area contributed by atoms with E-state index in [0.717, 1.165) is 38.4 Å². The standard InChI is InChI=1S/C20H30N4O3.2ClH/c1-15(19(21)16-5-3-2-4-6-16)20(26)22-17-13-18(25)24(14-17)8-7-23-9-11-27-12-10-23;;/h2-6,15,17,19H,7-14,21H2,1H3,(H,22,26);2*1H. The zero-order valence-corrected chi connectivity index (χ0v) is 18.4. The van der Waals surface area contributed by atoms with E-state index in [2.05, 4.69) is 10.2 Å². The molecule has 2 aliphatic heterocycles. The van der Waals surface area contributed by atoms with Crippen LogP contribution in [0.5, 0.6) is 0 Å². The molecule has 3 unspecified atom stereocenters. The molecule has 0 spiro atoms. The van der Waals surface area contributed by atoms with Crippen molar-refractivity contribution in [2.45, 2.75) is 25.4 Å². The van der Waals surface area contributed by atoms with Crippen molar-refractivity contribution >= 4 is 36.6 Å². The molecule has 164 valence electrons. The molecule has 29 heavy (non-hydrogen) atoms. The minimum absolute atomic E-state index is 0. The first-order valence-electron chi connectivity index (χ1n) is 9.73. The number of ether oxygens (including phenoxy) is 1. The number of benzene rings is 1. The molecule has 2 heterocycles. The van der Waals surface area contributed by atoms with E-state index in [1.165, 1.54) is 0 Å². The Balaban J connectivity index is 0.00000210. The number of hydrogen-bond donors (Lipinski definition) is 2. The maximum Gasteiger partial charge on any atom is 0.225 e. The lowest BCUT2D eigenvalue weighted by atomic mass is 9.94. The van der Waals surface area contributed by atoms with Gasteiger partial charge in [-0.2, -0.15) is 0 Å². The lowest BCUT2D eigenvalue weighted by Gasteiger charge is -2.28. The summed E-state index contributed by atoms with van der Waals surface area (Å²) >= 11 is 0. The van der Waals surface area contributed by atoms with Crippen LogP contribution in [0.3, 0.4) is 0 Å². The van der Waals surface area contributed by atoms with E-state index < -0.39 is 0 Å². The molecule has 3 N–H and O–H groups in total. The highest BCUT2D eigenvalue weighted by Gasteiger charge is 2.32. The van der Waals surface area contributed by atoms with Gasteiger partial charge in [0.05, 0.1) is 25.2 Å². The fraction of sp³-hybridized carbons (Fsp3) is 0.600. The summed E-state index contributed by atoms with van der Waals surface area (Å²) < 4.78 is 5.35. The van der Waals surface area contributed by atoms with Crippen molar-refractivity contribution in [2.24, 2.45) is 11.7 Å². The highest BCUT2D eigenvalue weighted by atomic mass is 35.5. The van der Waals surface area contributed by atoms with Crippen molar-refractivity contribution in [2.75, 3.05) is 45.9 Å². The first-order chi connectivity index (χ1) is 13.0. The molecule has 1 aromatic carbocycles. The number of nitrogens with two attached hydrogens (primary N) is 1. The second-order valence-electron chi connectivity index (χ2n) is 7.43. The molecule has 9 heteroatoms. The molecule has 0 aromatic heterocycles. The van der Waals surface area contributed by atoms with Gasteiger partial charge in [0.15, 0.2) is 0 Å². The molecular formula is C20H32Cl2N4O3. The number of likely N-dealkylation sites (tertiary alicyclic amines) is 1. The van der Waals surface area contributed by atoms with Gasteiger partial charge in [0.1, 0.15) is 0 Å². The Bertz CT molecular complexity index is 644. The minimum Gasteiger partial charge on any atom is -0.379 e. The third-order valence-corrected chi connectivity index (χ3v) is 5.49. The van der Waals surface area contributed by atoms with Crippen LogP contribution < -0.4 is 11.1 Å². The number of morpholine rings is 1. The van der Waals surface area contributed by atoms with E-state index in [1.807, 2.05) is 42.2 Å². The third kappa shape index (κ3) is 7.12. The molecule has 2 aliphatic rings. The number of amides is 2. The summed E-state index contributed by atoms with van der Waals surface area (Å²) in [5.41, 5.74) is 7.18. The number of nitrogens with one attached hydrogen (secondary N) is 1. The lowest BCUT2D eigenvalue weighted by molar-refractivity contribution is -0.128. The Hall–Kier alpha value is -1.38. The largest absolute Gasteiger partial charge is 0.379 e. The molecule has 3 rings (SSSR count). The summed E-state index contributed by atoms with van der Waals surface area (Å²) in [5.74, 6) is -0.349. The van der Waals surface area contributed by atoms with Crippen LogP contribution in [-0.2, 0) is 14.3 Å². The SMILES string of the molecule is CC(C(=O)NC1CC(=O)N(CCN2CCOCC2)C1)C(N)c1ccccc1.Cl.Cl. The molecular weight excluding hydrogens is 415 g/mol. The monoisotopic (exact) mass is 446 g/mol. The predicted molar refractivity (Wildman–Crippen MR) is 117 cm³/mol. The number of halogens is 2. The molecule has 0 radical (unpaired) electrons. The number of carbonyl (C=O) groups excluding carboxylic acids is 2. The minimum atomic E-state index is -0.360. The second kappa shape index (κ2) is 12.3. The van der Waals surface area contributed by atoms with Crippen LogP contribution in [0.4, 0.5) is 0 Å². The number of carbonyl (C=O) groups is 2. The highest BCUT2D eigenvalue weighted by Crippen LogP contribution is 2.20. The second-order valence-corrected chi connectivity index (χ2v) is 7.43. The molecule has 3 atom stereocenters. The van der Waals surface area contributed by atoms with Gasteiger partial charge in [0, 0.05) is 45.2 Å². The van der Waals surface area contributed by atoms with Crippen molar-refractivity contribution in [3.05, 3.63) is 35.9 Å². The Morgan fingerprint density at radius 3 is 2.52 bits per heavy atom. The summed E-state index contributed by atoms with van der Waals surface area (Å²) in [6.07, 6.45) is 0.363. The van der Waals surface area contributed by atoms with Crippen LogP contribution in [0.15, 0.2) is 30.3 Å². The molecule has 0 saturated carbocycles. The van der Waals surface area contributed by atoms with Gasteiger partial charge in [0.25, 0.3) is 0 Å². The Kier molecular flexibility index (Phi) is 10.9. The fourth-order valence-electron chi connectivity index (χ4n) is 3.63. The number of hydrogen-bond acceptors (Lipinski definition) is 5. The van der Waals surface area contributed by atoms with Crippen LogP contribution in [0, 0.1) is 5.92 Å². The zero-order chi connectivity index (χ0) is 19.2. The number of nitrogens with zero attached hydrogens (tertiary/aromatic N) is 2. The molecule has 2 saturated heterocycles. The smallest absolute Gasteiger partial charge is 0.225 e. The molecule has 7 nitrogen and oxygen atoms in total. The van der Waals surface area contributed by atoms with Crippen molar-refractivity contribution in [3.8, 4) is 0 Å². The molecule has 2 fully saturated rings. The Morgan fingerprint density at radius 1 is 1.21 bits per heavy atom. The highest BCUT2D eigenvalue weighted by molar-refractivity contribution is 5.85. The van der Waals surface area contributed by atoms with Gasteiger partial charge in [-0.15, -0.1) is 24.8 Å². The van der Waals surface area contributed by atoms with Crippen LogP contribution in [-0.4, -0.2) is 73.6 Å². The summed E-state index contributed by atoms with van der Waals surface area (Å²) in [4.78, 5) is 29.0. The zero-order valence-electron chi connectivity index (χ0n) is 16.8. The summed E-state index contributed by atoms with van der Waals surface area (Å²) in [5, 5.41) is 3.01. The predicted octanol–water partition coefficient (Wildman–Crippen LogP) is 1.22. The van der Waals surface area contributed by atoms with E-state index in [9.17, 15) is 9.59 Å². The first-order valence-corrected chi connectivity index (χ1v) is 9.73. The first kappa shape index (κ1) is 25.7. The van der Waals surface area contributed by atoms with Gasteiger partial charge in [-0.25, -0.2) is 0 Å². The van der Waals surface area contributed by atoms with Gasteiger partial charge in [-0.05, 0) is 5.56 Å². The van der Waals surface area contributed by atoms with Gasteiger partial charge >= 0.3 is 0 Å². The van der Waals surface area contributed by atoms with Crippen molar-refractivity contribution in [1.82, 2.24) is 15.1 Å². The van der Waals surface area contributed by atoms with Crippen molar-refractivity contribution in [3.63, 3.8) is 0 Å². The van der Waals surface area contributed by atoms with Gasteiger partial charge < -0.3 is 20.7 Å². The quantitative estimate of drug-likeness (QED) is 0.656. The normalized spacial score (nSPS) is 21.7. The third-order valence-electron chi connectivity index (χ3n) is 5.49. The van der Waals surface area contributed by atoms with Gasteiger partial charge in [-0.1, -0.05) is 37.3 Å². The maximum absolute atomic E-state index is 12.6. The summed E-state index contributed by atoms with van der Waals surface area (Å²) in [6, 6.07) is 9.13. The Morgan fingerprint density at radius 2 is 1.86 bits per heavy atom. The average Bonchev–Trinajstić information content (AvgIpc) is 3.05. The topological polar surface area (TPSA) is 87.9 Å². The van der Waals surface area contributed by atoms with E-state index in [0.29, 0.717) is 19.5 Å². The van der Waals surface area contributed by atoms with E-state index in [4.69, 9.17) is 10.5 Å². The van der Waals surface area contributed by atoms with E-state index in [-0.39, 0.29) is 54.6 Å². The molecule has 0 bridgehead atoms. The van der Waals surface area contributed by atoms with Crippen LogP contribution in [0.1, 0.15) is 24.9 Å². The van der Waals surface area contributed by atoms with E-state index >= 15 is 0 Å². The summed E-state index contributed by atoms with van der Waals surface area (Å²) in [6.45, 7) is 7.30. The van der Waals surface area contributed by atoms with Crippen molar-refractivity contribution in [1.29, 1.82) is 0 Å². The average molecular weight is 447 g/mol. The fourth-order valence-corrected chi connectivity index (χ4v) is 3.63. The summed E-state index contributed by atoms with van der Waals surface area (Å²) in [7, 11) is 0. The number of rotatable bonds is 7. The molecule has 1 aromatic rings. The van der Waals surface area contributed by atoms with Gasteiger partial charge in [-0.3, -0.25) is 14.5 Å². The maximum atomic E-state index is 12.6. The Labute approximate surface area is 185 Å². The molecule has 2 amide bonds. The van der Waals surface area contributed by atoms with Gasteiger partial charge in [0.2, 0.25) is 11.8 Å². The lowest BCUT2D eigenvalue weighted by Crippen LogP contribution is -2.44. The molecule has 0 aliphatic carbocycles. The van der Waals surface area contributed by atoms with Crippen LogP contribution in [0.2, 0.25) is 0 Å². The van der Waals surface area contributed by atoms with Crippen LogP contribution in [0.25, 0.3) is 0 Å².